The summed E-state index contributed by atoms with van der Waals surface area (Å²) in [5.41, 5.74) is 0. The van der Waals surface area contributed by atoms with Gasteiger partial charge in [-0.1, -0.05) is 19.8 Å². The minimum absolute atomic E-state index is 0.821. The lowest BCUT2D eigenvalue weighted by molar-refractivity contribution is 0.697. The van der Waals surface area contributed by atoms with Gasteiger partial charge in [0.2, 0.25) is 0 Å². The van der Waals surface area contributed by atoms with Gasteiger partial charge in [-0.15, -0.1) is 0 Å². The molecule has 0 aromatic heterocycles. The summed E-state index contributed by atoms with van der Waals surface area (Å²) in [6.45, 7) is 4.49. The van der Waals surface area contributed by atoms with Crippen molar-refractivity contribution >= 4 is 0 Å². The highest BCUT2D eigenvalue weighted by molar-refractivity contribution is 4.93. The Morgan fingerprint density at radius 1 is 1.50 bits per heavy atom. The van der Waals surface area contributed by atoms with Gasteiger partial charge in [0.25, 0.3) is 0 Å². The van der Waals surface area contributed by atoms with Crippen LogP contribution in [0.2, 0.25) is 0 Å². The normalized spacial score (nSPS) is 35.2. The van der Waals surface area contributed by atoms with Gasteiger partial charge >= 0.3 is 0 Å². The van der Waals surface area contributed by atoms with Crippen LogP contribution in [0.1, 0.15) is 33.1 Å². The molecule has 0 aromatic carbocycles. The summed E-state index contributed by atoms with van der Waals surface area (Å²) < 4.78 is 0. The molecular weight excluding hydrogens is 98.1 g/mol. The van der Waals surface area contributed by atoms with Crippen LogP contribution in [0.15, 0.2) is 0 Å². The van der Waals surface area contributed by atoms with E-state index in [1.165, 1.54) is 19.3 Å². The molecule has 0 radical (unpaired) electrons. The maximum absolute atomic E-state index is 3.37. The van der Waals surface area contributed by atoms with Gasteiger partial charge < -0.3 is 5.32 Å². The molecule has 0 aromatic rings. The molecule has 0 bridgehead atoms. The first-order chi connectivity index (χ1) is 3.84. The zero-order valence-electron chi connectivity index (χ0n) is 5.78. The zero-order valence-corrected chi connectivity index (χ0v) is 5.78. The molecule has 0 saturated carbocycles. The SMILES string of the molecule is CCCCC1NC1C. The second-order valence-corrected chi connectivity index (χ2v) is 2.70. The average Bonchev–Trinajstić information content (AvgIpc) is 2.42. The Morgan fingerprint density at radius 3 is 2.50 bits per heavy atom. The van der Waals surface area contributed by atoms with E-state index in [0.717, 1.165) is 12.1 Å². The lowest BCUT2D eigenvalue weighted by Crippen LogP contribution is -1.89. The number of hydrogen-bond acceptors (Lipinski definition) is 1. The quantitative estimate of drug-likeness (QED) is 0.551. The molecule has 0 aliphatic carbocycles. The van der Waals surface area contributed by atoms with Crippen LogP contribution in [0.3, 0.4) is 0 Å². The average molecular weight is 113 g/mol. The van der Waals surface area contributed by atoms with E-state index >= 15 is 0 Å². The number of hydrogen-bond donors (Lipinski definition) is 1. The summed E-state index contributed by atoms with van der Waals surface area (Å²) in [6, 6.07) is 1.69. The van der Waals surface area contributed by atoms with Crippen molar-refractivity contribution in [3.8, 4) is 0 Å². The van der Waals surface area contributed by atoms with E-state index in [1.807, 2.05) is 0 Å². The molecule has 1 heteroatoms. The highest BCUT2D eigenvalue weighted by atomic mass is 15.1. The first-order valence-corrected chi connectivity index (χ1v) is 3.60. The third-order valence-corrected chi connectivity index (χ3v) is 1.84. The highest BCUT2D eigenvalue weighted by Crippen LogP contribution is 2.15. The zero-order chi connectivity index (χ0) is 5.98. The Morgan fingerprint density at radius 2 is 2.12 bits per heavy atom. The van der Waals surface area contributed by atoms with Crippen molar-refractivity contribution in [3.63, 3.8) is 0 Å². The Bertz CT molecular complexity index is 70.8. The van der Waals surface area contributed by atoms with Crippen LogP contribution in [0, 0.1) is 0 Å². The standard InChI is InChI=1S/C7H15N/c1-3-4-5-7-6(2)8-7/h6-8H,3-5H2,1-2H3. The number of unbranched alkanes of at least 4 members (excludes halogenated alkanes) is 1. The molecule has 1 aliphatic heterocycles. The van der Waals surface area contributed by atoms with E-state index in [1.54, 1.807) is 0 Å². The second-order valence-electron chi connectivity index (χ2n) is 2.70. The lowest BCUT2D eigenvalue weighted by Gasteiger charge is -1.89. The smallest absolute Gasteiger partial charge is 0.0221 e. The number of rotatable bonds is 3. The fraction of sp³-hybridized carbons (Fsp3) is 1.00. The van der Waals surface area contributed by atoms with Crippen LogP contribution in [0.5, 0.6) is 0 Å². The predicted molar refractivity (Wildman–Crippen MR) is 35.9 cm³/mol. The molecule has 1 N–H and O–H groups in total. The van der Waals surface area contributed by atoms with Crippen molar-refractivity contribution in [2.75, 3.05) is 0 Å². The van der Waals surface area contributed by atoms with Gasteiger partial charge in [0, 0.05) is 12.1 Å². The van der Waals surface area contributed by atoms with Gasteiger partial charge in [-0.2, -0.15) is 0 Å². The molecule has 1 rings (SSSR count). The topological polar surface area (TPSA) is 21.9 Å². The minimum atomic E-state index is 0.821. The van der Waals surface area contributed by atoms with Crippen LogP contribution in [0.25, 0.3) is 0 Å². The Balaban J connectivity index is 1.89. The van der Waals surface area contributed by atoms with Crippen molar-refractivity contribution < 1.29 is 0 Å². The molecule has 0 amide bonds. The van der Waals surface area contributed by atoms with Gasteiger partial charge in [-0.05, 0) is 13.3 Å². The van der Waals surface area contributed by atoms with Crippen molar-refractivity contribution in [2.24, 2.45) is 0 Å². The van der Waals surface area contributed by atoms with Crippen LogP contribution >= 0.6 is 0 Å². The largest absolute Gasteiger partial charge is 0.308 e. The molecule has 1 fully saturated rings. The van der Waals surface area contributed by atoms with Crippen LogP contribution in [0.4, 0.5) is 0 Å². The first-order valence-electron chi connectivity index (χ1n) is 3.60. The summed E-state index contributed by atoms with van der Waals surface area (Å²) in [6.07, 6.45) is 4.12. The van der Waals surface area contributed by atoms with Crippen LogP contribution in [-0.2, 0) is 0 Å². The maximum Gasteiger partial charge on any atom is 0.0221 e. The van der Waals surface area contributed by atoms with Gasteiger partial charge in [0.1, 0.15) is 0 Å². The maximum atomic E-state index is 3.37. The Labute approximate surface area is 51.5 Å². The highest BCUT2D eigenvalue weighted by Gasteiger charge is 2.29. The van der Waals surface area contributed by atoms with Crippen LogP contribution in [-0.4, -0.2) is 12.1 Å². The van der Waals surface area contributed by atoms with E-state index < -0.39 is 0 Å². The van der Waals surface area contributed by atoms with E-state index in [9.17, 15) is 0 Å². The van der Waals surface area contributed by atoms with Gasteiger partial charge in [-0.3, -0.25) is 0 Å². The second kappa shape index (κ2) is 2.49. The van der Waals surface area contributed by atoms with Crippen LogP contribution < -0.4 is 5.32 Å². The molecule has 2 unspecified atom stereocenters. The lowest BCUT2D eigenvalue weighted by atomic mass is 10.2. The fourth-order valence-electron chi connectivity index (χ4n) is 1.04. The number of nitrogens with one attached hydrogen (secondary N) is 1. The van der Waals surface area contributed by atoms with E-state index in [0.29, 0.717) is 0 Å². The van der Waals surface area contributed by atoms with Crippen molar-refractivity contribution in [1.29, 1.82) is 0 Å². The summed E-state index contributed by atoms with van der Waals surface area (Å²) in [5.74, 6) is 0. The third kappa shape index (κ3) is 1.48. The van der Waals surface area contributed by atoms with Crippen molar-refractivity contribution in [2.45, 2.75) is 45.2 Å². The molecule has 0 spiro atoms. The van der Waals surface area contributed by atoms with E-state index in [4.69, 9.17) is 0 Å². The molecule has 1 aliphatic rings. The summed E-state index contributed by atoms with van der Waals surface area (Å²) in [4.78, 5) is 0. The van der Waals surface area contributed by atoms with E-state index in [-0.39, 0.29) is 0 Å². The van der Waals surface area contributed by atoms with Crippen molar-refractivity contribution in [3.05, 3.63) is 0 Å². The van der Waals surface area contributed by atoms with Gasteiger partial charge in [-0.25, -0.2) is 0 Å². The summed E-state index contributed by atoms with van der Waals surface area (Å²) in [7, 11) is 0. The van der Waals surface area contributed by atoms with Crippen molar-refractivity contribution in [1.82, 2.24) is 5.32 Å². The Hall–Kier alpha value is -0.0400. The molecular formula is C7H15N. The van der Waals surface area contributed by atoms with Gasteiger partial charge in [0.15, 0.2) is 0 Å². The first kappa shape index (κ1) is 6.09. The molecule has 1 heterocycles. The Kier molecular flexibility index (Phi) is 1.90. The molecule has 48 valence electrons. The third-order valence-electron chi connectivity index (χ3n) is 1.84. The predicted octanol–water partition coefficient (Wildman–Crippen LogP) is 1.54. The van der Waals surface area contributed by atoms with Gasteiger partial charge in [0.05, 0.1) is 0 Å². The molecule has 2 atom stereocenters. The minimum Gasteiger partial charge on any atom is -0.308 e. The summed E-state index contributed by atoms with van der Waals surface area (Å²) in [5, 5.41) is 3.37. The monoisotopic (exact) mass is 113 g/mol. The van der Waals surface area contributed by atoms with E-state index in [2.05, 4.69) is 19.2 Å². The molecule has 1 nitrogen and oxygen atoms in total. The summed E-state index contributed by atoms with van der Waals surface area (Å²) >= 11 is 0. The molecule has 8 heavy (non-hydrogen) atoms. The fourth-order valence-corrected chi connectivity index (χ4v) is 1.04. The molecule has 1 saturated heterocycles.